The van der Waals surface area contributed by atoms with Crippen LogP contribution >= 0.6 is 0 Å². The molecule has 0 bridgehead atoms. The zero-order chi connectivity index (χ0) is 12.0. The number of hydrogen-bond acceptors (Lipinski definition) is 1. The number of benzene rings is 1. The first kappa shape index (κ1) is 13.0. The summed E-state index contributed by atoms with van der Waals surface area (Å²) in [6, 6.07) is 8.52. The maximum atomic E-state index is 9.77. The predicted octanol–water partition coefficient (Wildman–Crippen LogP) is 3.64. The van der Waals surface area contributed by atoms with Crippen LogP contribution in [0.25, 0.3) is 0 Å². The number of rotatable bonds is 6. The summed E-state index contributed by atoms with van der Waals surface area (Å²) in [7, 11) is 0. The molecule has 0 spiro atoms. The SMILES string of the molecule is C=C(C)CCC(O)CCc1ccc(C)cc1. The topological polar surface area (TPSA) is 20.2 Å². The molecule has 1 aromatic rings. The second kappa shape index (κ2) is 6.49. The number of aliphatic hydroxyl groups is 1. The molecule has 0 aliphatic heterocycles. The first-order chi connectivity index (χ1) is 7.58. The number of hydrogen-bond donors (Lipinski definition) is 1. The van der Waals surface area contributed by atoms with E-state index in [9.17, 15) is 5.11 Å². The van der Waals surface area contributed by atoms with Crippen molar-refractivity contribution in [2.45, 2.75) is 45.6 Å². The first-order valence-electron chi connectivity index (χ1n) is 5.96. The minimum Gasteiger partial charge on any atom is -0.393 e. The van der Waals surface area contributed by atoms with E-state index in [1.165, 1.54) is 11.1 Å². The summed E-state index contributed by atoms with van der Waals surface area (Å²) < 4.78 is 0. The minimum absolute atomic E-state index is 0.196. The van der Waals surface area contributed by atoms with Crippen molar-refractivity contribution >= 4 is 0 Å². The second-order valence-electron chi connectivity index (χ2n) is 4.67. The molecule has 1 heteroatoms. The Bertz CT molecular complexity index is 324. The smallest absolute Gasteiger partial charge is 0.0546 e. The van der Waals surface area contributed by atoms with Crippen LogP contribution in [0, 0.1) is 6.92 Å². The summed E-state index contributed by atoms with van der Waals surface area (Å²) in [4.78, 5) is 0. The molecule has 0 aliphatic carbocycles. The molecular weight excluding hydrogens is 196 g/mol. The fourth-order valence-electron chi connectivity index (χ4n) is 1.65. The average molecular weight is 218 g/mol. The molecule has 0 radical (unpaired) electrons. The van der Waals surface area contributed by atoms with Crippen LogP contribution in [0.5, 0.6) is 0 Å². The van der Waals surface area contributed by atoms with Gasteiger partial charge in [-0.15, -0.1) is 6.58 Å². The van der Waals surface area contributed by atoms with E-state index >= 15 is 0 Å². The molecule has 0 aromatic heterocycles. The molecular formula is C15H22O. The van der Waals surface area contributed by atoms with Gasteiger partial charge in [-0.05, 0) is 45.1 Å². The van der Waals surface area contributed by atoms with Crippen LogP contribution in [-0.4, -0.2) is 11.2 Å². The van der Waals surface area contributed by atoms with Gasteiger partial charge in [0, 0.05) is 0 Å². The molecule has 16 heavy (non-hydrogen) atoms. The molecule has 0 heterocycles. The Labute approximate surface area is 98.8 Å². The van der Waals surface area contributed by atoms with E-state index in [0.29, 0.717) is 0 Å². The van der Waals surface area contributed by atoms with Crippen molar-refractivity contribution in [2.75, 3.05) is 0 Å². The van der Waals surface area contributed by atoms with Gasteiger partial charge in [0.05, 0.1) is 6.10 Å². The van der Waals surface area contributed by atoms with Crippen LogP contribution in [0.2, 0.25) is 0 Å². The Morgan fingerprint density at radius 3 is 2.44 bits per heavy atom. The van der Waals surface area contributed by atoms with Gasteiger partial charge in [0.2, 0.25) is 0 Å². The largest absolute Gasteiger partial charge is 0.393 e. The molecule has 1 aromatic carbocycles. The maximum Gasteiger partial charge on any atom is 0.0546 e. The van der Waals surface area contributed by atoms with E-state index in [4.69, 9.17) is 0 Å². The van der Waals surface area contributed by atoms with Gasteiger partial charge < -0.3 is 5.11 Å². The highest BCUT2D eigenvalue weighted by atomic mass is 16.3. The van der Waals surface area contributed by atoms with Gasteiger partial charge in [-0.25, -0.2) is 0 Å². The van der Waals surface area contributed by atoms with Crippen LogP contribution in [0.4, 0.5) is 0 Å². The summed E-state index contributed by atoms with van der Waals surface area (Å²) in [5.74, 6) is 0. The van der Waals surface area contributed by atoms with Crippen molar-refractivity contribution in [3.63, 3.8) is 0 Å². The Balaban J connectivity index is 2.28. The molecule has 1 unspecified atom stereocenters. The molecule has 0 saturated carbocycles. The Morgan fingerprint density at radius 2 is 1.88 bits per heavy atom. The average Bonchev–Trinajstić information content (AvgIpc) is 2.25. The van der Waals surface area contributed by atoms with Gasteiger partial charge in [-0.3, -0.25) is 0 Å². The van der Waals surface area contributed by atoms with Gasteiger partial charge in [0.15, 0.2) is 0 Å². The van der Waals surface area contributed by atoms with Gasteiger partial charge in [-0.1, -0.05) is 35.4 Å². The lowest BCUT2D eigenvalue weighted by molar-refractivity contribution is 0.155. The standard InChI is InChI=1S/C15H22O/c1-12(2)4-10-15(16)11-9-14-7-5-13(3)6-8-14/h5-8,15-16H,1,4,9-11H2,2-3H3. The van der Waals surface area contributed by atoms with E-state index in [-0.39, 0.29) is 6.10 Å². The third-order valence-electron chi connectivity index (χ3n) is 2.79. The molecule has 1 nitrogen and oxygen atoms in total. The zero-order valence-electron chi connectivity index (χ0n) is 10.4. The highest BCUT2D eigenvalue weighted by molar-refractivity contribution is 5.21. The lowest BCUT2D eigenvalue weighted by Crippen LogP contribution is -2.07. The first-order valence-corrected chi connectivity index (χ1v) is 5.96. The fraction of sp³-hybridized carbons (Fsp3) is 0.467. The molecule has 0 aliphatic rings. The number of aliphatic hydroxyl groups excluding tert-OH is 1. The van der Waals surface area contributed by atoms with E-state index in [2.05, 4.69) is 37.8 Å². The van der Waals surface area contributed by atoms with E-state index < -0.39 is 0 Å². The van der Waals surface area contributed by atoms with Crippen LogP contribution in [0.1, 0.15) is 37.3 Å². The highest BCUT2D eigenvalue weighted by Crippen LogP contribution is 2.12. The normalized spacial score (nSPS) is 12.4. The monoisotopic (exact) mass is 218 g/mol. The van der Waals surface area contributed by atoms with Gasteiger partial charge in [0.1, 0.15) is 0 Å². The highest BCUT2D eigenvalue weighted by Gasteiger charge is 2.04. The maximum absolute atomic E-state index is 9.77. The molecule has 1 atom stereocenters. The molecule has 1 N–H and O–H groups in total. The van der Waals surface area contributed by atoms with Crippen molar-refractivity contribution < 1.29 is 5.11 Å². The second-order valence-corrected chi connectivity index (χ2v) is 4.67. The van der Waals surface area contributed by atoms with E-state index in [1.54, 1.807) is 0 Å². The van der Waals surface area contributed by atoms with Crippen molar-refractivity contribution in [3.05, 3.63) is 47.5 Å². The van der Waals surface area contributed by atoms with Crippen LogP contribution in [0.3, 0.4) is 0 Å². The molecule has 0 saturated heterocycles. The molecule has 0 amide bonds. The minimum atomic E-state index is -0.196. The van der Waals surface area contributed by atoms with Gasteiger partial charge >= 0.3 is 0 Å². The quantitative estimate of drug-likeness (QED) is 0.723. The van der Waals surface area contributed by atoms with Crippen LogP contribution in [-0.2, 0) is 6.42 Å². The Kier molecular flexibility index (Phi) is 5.27. The Morgan fingerprint density at radius 1 is 1.25 bits per heavy atom. The third kappa shape index (κ3) is 5.13. The zero-order valence-corrected chi connectivity index (χ0v) is 10.4. The number of aryl methyl sites for hydroxylation is 2. The van der Waals surface area contributed by atoms with E-state index in [1.807, 2.05) is 6.92 Å². The third-order valence-corrected chi connectivity index (χ3v) is 2.79. The Hall–Kier alpha value is -1.08. The van der Waals surface area contributed by atoms with Crippen molar-refractivity contribution in [3.8, 4) is 0 Å². The van der Waals surface area contributed by atoms with E-state index in [0.717, 1.165) is 31.3 Å². The molecule has 0 fully saturated rings. The summed E-state index contributed by atoms with van der Waals surface area (Å²) in [5.41, 5.74) is 3.74. The van der Waals surface area contributed by atoms with Crippen molar-refractivity contribution in [1.82, 2.24) is 0 Å². The van der Waals surface area contributed by atoms with Crippen molar-refractivity contribution in [1.29, 1.82) is 0 Å². The molecule has 88 valence electrons. The summed E-state index contributed by atoms with van der Waals surface area (Å²) in [5, 5.41) is 9.77. The summed E-state index contributed by atoms with van der Waals surface area (Å²) >= 11 is 0. The van der Waals surface area contributed by atoms with Gasteiger partial charge in [-0.2, -0.15) is 0 Å². The van der Waals surface area contributed by atoms with Crippen LogP contribution in [0.15, 0.2) is 36.4 Å². The number of allylic oxidation sites excluding steroid dienone is 1. The summed E-state index contributed by atoms with van der Waals surface area (Å²) in [6.07, 6.45) is 3.36. The van der Waals surface area contributed by atoms with Gasteiger partial charge in [0.25, 0.3) is 0 Å². The lowest BCUT2D eigenvalue weighted by atomic mass is 10.0. The van der Waals surface area contributed by atoms with Crippen molar-refractivity contribution in [2.24, 2.45) is 0 Å². The summed E-state index contributed by atoms with van der Waals surface area (Å²) in [6.45, 7) is 7.94. The lowest BCUT2D eigenvalue weighted by Gasteiger charge is -2.10. The van der Waals surface area contributed by atoms with Crippen LogP contribution < -0.4 is 0 Å². The fourth-order valence-corrected chi connectivity index (χ4v) is 1.65. The predicted molar refractivity (Wildman–Crippen MR) is 69.6 cm³/mol. The molecule has 1 rings (SSSR count).